The number of hydrogen-bond donors (Lipinski definition) is 0. The number of fused-ring (bicyclic) bond motifs is 1. The lowest BCUT2D eigenvalue weighted by Crippen LogP contribution is -2.36. The summed E-state index contributed by atoms with van der Waals surface area (Å²) in [7, 11) is 0. The molecular formula is C22H23N3O. The van der Waals surface area contributed by atoms with Crippen molar-refractivity contribution < 1.29 is 4.79 Å². The Morgan fingerprint density at radius 1 is 1.00 bits per heavy atom. The standard InChI is InChI=1S/C22H23N3O/c1-16(26)25(20-7-2-3-8-20)15-17-5-4-6-18(13-17)19-9-10-21-22(14-19)24-12-11-23-21/h4-6,9-14,20H,2-3,7-8,15H2,1H3. The third-order valence-corrected chi connectivity index (χ3v) is 5.25. The van der Waals surface area contributed by atoms with Crippen LogP contribution in [-0.2, 0) is 11.3 Å². The molecule has 0 atom stereocenters. The maximum absolute atomic E-state index is 12.1. The zero-order valence-corrected chi connectivity index (χ0v) is 15.1. The van der Waals surface area contributed by atoms with E-state index in [-0.39, 0.29) is 5.91 Å². The Labute approximate surface area is 153 Å². The van der Waals surface area contributed by atoms with Gasteiger partial charge in [0.15, 0.2) is 0 Å². The van der Waals surface area contributed by atoms with Crippen LogP contribution in [0.5, 0.6) is 0 Å². The smallest absolute Gasteiger partial charge is 0.219 e. The van der Waals surface area contributed by atoms with Gasteiger partial charge in [0.05, 0.1) is 11.0 Å². The van der Waals surface area contributed by atoms with Crippen LogP contribution < -0.4 is 0 Å². The molecule has 1 aliphatic rings. The predicted molar refractivity (Wildman–Crippen MR) is 103 cm³/mol. The van der Waals surface area contributed by atoms with Gasteiger partial charge in [-0.05, 0) is 47.7 Å². The number of nitrogens with zero attached hydrogens (tertiary/aromatic N) is 3. The average Bonchev–Trinajstić information content (AvgIpc) is 3.20. The molecule has 1 aromatic heterocycles. The van der Waals surface area contributed by atoms with Crippen molar-refractivity contribution in [2.24, 2.45) is 0 Å². The highest BCUT2D eigenvalue weighted by Gasteiger charge is 2.24. The molecule has 0 saturated heterocycles. The summed E-state index contributed by atoms with van der Waals surface area (Å²) in [6, 6.07) is 15.0. The fourth-order valence-electron chi connectivity index (χ4n) is 3.90. The molecule has 0 spiro atoms. The lowest BCUT2D eigenvalue weighted by atomic mass is 10.0. The van der Waals surface area contributed by atoms with E-state index in [4.69, 9.17) is 0 Å². The summed E-state index contributed by atoms with van der Waals surface area (Å²) in [6.07, 6.45) is 8.14. The maximum Gasteiger partial charge on any atom is 0.219 e. The molecule has 0 radical (unpaired) electrons. The van der Waals surface area contributed by atoms with Gasteiger partial charge in [-0.3, -0.25) is 14.8 Å². The molecule has 0 aliphatic heterocycles. The van der Waals surface area contributed by atoms with Crippen LogP contribution in [0.2, 0.25) is 0 Å². The number of amides is 1. The Kier molecular flexibility index (Phi) is 4.65. The molecule has 1 amide bonds. The quantitative estimate of drug-likeness (QED) is 0.695. The van der Waals surface area contributed by atoms with Gasteiger partial charge < -0.3 is 4.90 Å². The minimum Gasteiger partial charge on any atom is -0.336 e. The van der Waals surface area contributed by atoms with Crippen molar-refractivity contribution in [3.8, 4) is 11.1 Å². The van der Waals surface area contributed by atoms with E-state index in [1.165, 1.54) is 18.4 Å². The molecule has 3 aromatic rings. The monoisotopic (exact) mass is 345 g/mol. The molecule has 4 rings (SSSR count). The minimum absolute atomic E-state index is 0.170. The van der Waals surface area contributed by atoms with Crippen molar-refractivity contribution in [1.82, 2.24) is 14.9 Å². The molecule has 1 fully saturated rings. The third kappa shape index (κ3) is 3.45. The van der Waals surface area contributed by atoms with E-state index in [0.29, 0.717) is 12.6 Å². The van der Waals surface area contributed by atoms with Gasteiger partial charge in [-0.25, -0.2) is 0 Å². The predicted octanol–water partition coefficient (Wildman–Crippen LogP) is 4.59. The maximum atomic E-state index is 12.1. The summed E-state index contributed by atoms with van der Waals surface area (Å²) in [5, 5.41) is 0. The van der Waals surface area contributed by atoms with Crippen LogP contribution in [0.4, 0.5) is 0 Å². The highest BCUT2D eigenvalue weighted by molar-refractivity contribution is 5.81. The first-order chi connectivity index (χ1) is 12.7. The third-order valence-electron chi connectivity index (χ3n) is 5.25. The number of aromatic nitrogens is 2. The summed E-state index contributed by atoms with van der Waals surface area (Å²) < 4.78 is 0. The number of hydrogen-bond acceptors (Lipinski definition) is 3. The molecular weight excluding hydrogens is 322 g/mol. The highest BCUT2D eigenvalue weighted by Crippen LogP contribution is 2.27. The molecule has 0 bridgehead atoms. The summed E-state index contributed by atoms with van der Waals surface area (Å²) >= 11 is 0. The second-order valence-electron chi connectivity index (χ2n) is 7.05. The van der Waals surface area contributed by atoms with Crippen molar-refractivity contribution in [3.63, 3.8) is 0 Å². The molecule has 4 heteroatoms. The Hall–Kier alpha value is -2.75. The number of benzene rings is 2. The van der Waals surface area contributed by atoms with Gasteiger partial charge in [0.1, 0.15) is 0 Å². The molecule has 132 valence electrons. The van der Waals surface area contributed by atoms with Crippen LogP contribution in [0.1, 0.15) is 38.2 Å². The van der Waals surface area contributed by atoms with Crippen molar-refractivity contribution in [2.75, 3.05) is 0 Å². The highest BCUT2D eigenvalue weighted by atomic mass is 16.2. The van der Waals surface area contributed by atoms with Crippen LogP contribution in [0.15, 0.2) is 54.9 Å². The Bertz CT molecular complexity index is 931. The van der Waals surface area contributed by atoms with Gasteiger partial charge >= 0.3 is 0 Å². The second kappa shape index (κ2) is 7.24. The first-order valence-electron chi connectivity index (χ1n) is 9.28. The summed E-state index contributed by atoms with van der Waals surface area (Å²) in [5.74, 6) is 0.170. The Balaban J connectivity index is 1.61. The number of rotatable bonds is 4. The zero-order valence-electron chi connectivity index (χ0n) is 15.1. The fraction of sp³-hybridized carbons (Fsp3) is 0.318. The fourth-order valence-corrected chi connectivity index (χ4v) is 3.90. The van der Waals surface area contributed by atoms with Crippen LogP contribution in [0.25, 0.3) is 22.2 Å². The molecule has 1 heterocycles. The minimum atomic E-state index is 0.170. The summed E-state index contributed by atoms with van der Waals surface area (Å²) in [6.45, 7) is 2.37. The van der Waals surface area contributed by atoms with Crippen LogP contribution >= 0.6 is 0 Å². The molecule has 1 saturated carbocycles. The molecule has 4 nitrogen and oxygen atoms in total. The van der Waals surface area contributed by atoms with E-state index in [0.717, 1.165) is 35.0 Å². The van der Waals surface area contributed by atoms with E-state index in [1.807, 2.05) is 11.0 Å². The first-order valence-corrected chi connectivity index (χ1v) is 9.28. The Morgan fingerprint density at radius 3 is 2.50 bits per heavy atom. The van der Waals surface area contributed by atoms with Crippen molar-refractivity contribution in [2.45, 2.75) is 45.2 Å². The molecule has 1 aliphatic carbocycles. The van der Waals surface area contributed by atoms with Crippen molar-refractivity contribution >= 4 is 16.9 Å². The number of carbonyl (C=O) groups is 1. The van der Waals surface area contributed by atoms with Crippen LogP contribution in [0.3, 0.4) is 0 Å². The van der Waals surface area contributed by atoms with E-state index < -0.39 is 0 Å². The van der Waals surface area contributed by atoms with Crippen molar-refractivity contribution in [1.29, 1.82) is 0 Å². The lowest BCUT2D eigenvalue weighted by molar-refractivity contribution is -0.131. The van der Waals surface area contributed by atoms with Crippen LogP contribution in [-0.4, -0.2) is 26.8 Å². The van der Waals surface area contributed by atoms with Gasteiger partial charge in [0, 0.05) is 31.9 Å². The second-order valence-corrected chi connectivity index (χ2v) is 7.05. The summed E-state index contributed by atoms with van der Waals surface area (Å²) in [4.78, 5) is 22.9. The van der Waals surface area contributed by atoms with Crippen molar-refractivity contribution in [3.05, 3.63) is 60.4 Å². The average molecular weight is 345 g/mol. The Morgan fingerprint density at radius 2 is 1.73 bits per heavy atom. The van der Waals surface area contributed by atoms with Gasteiger partial charge in [-0.2, -0.15) is 0 Å². The molecule has 0 unspecified atom stereocenters. The van der Waals surface area contributed by atoms with E-state index in [1.54, 1.807) is 19.3 Å². The number of carbonyl (C=O) groups excluding carboxylic acids is 1. The van der Waals surface area contributed by atoms with Gasteiger partial charge in [0.2, 0.25) is 5.91 Å². The SMILES string of the molecule is CC(=O)N(Cc1cccc(-c2ccc3nccnc3c2)c1)C1CCCC1. The van der Waals surface area contributed by atoms with Gasteiger partial charge in [-0.15, -0.1) is 0 Å². The van der Waals surface area contributed by atoms with Gasteiger partial charge in [-0.1, -0.05) is 37.1 Å². The normalized spacial score (nSPS) is 14.7. The van der Waals surface area contributed by atoms with E-state index in [9.17, 15) is 4.79 Å². The van der Waals surface area contributed by atoms with E-state index >= 15 is 0 Å². The first kappa shape index (κ1) is 16.7. The van der Waals surface area contributed by atoms with Gasteiger partial charge in [0.25, 0.3) is 0 Å². The topological polar surface area (TPSA) is 46.1 Å². The molecule has 0 N–H and O–H groups in total. The lowest BCUT2D eigenvalue weighted by Gasteiger charge is -2.28. The zero-order chi connectivity index (χ0) is 17.9. The van der Waals surface area contributed by atoms with E-state index in [2.05, 4.69) is 46.4 Å². The molecule has 2 aromatic carbocycles. The molecule has 26 heavy (non-hydrogen) atoms. The largest absolute Gasteiger partial charge is 0.336 e. The summed E-state index contributed by atoms with van der Waals surface area (Å²) in [5.41, 5.74) is 5.23. The van der Waals surface area contributed by atoms with Crippen LogP contribution in [0, 0.1) is 0 Å².